The molecular weight excluding hydrogens is 368 g/mol. The standard InChI is InChI=1S/C23H22N2O4/c1-16(25-23(26)22-15-28-20-10-2-3-11-21(20)29-22)17-7-6-9-19(13-17)27-14-18-8-4-5-12-24-18/h2-13,16,22H,14-15H2,1H3,(H,25,26)/t16-,22+/m1/s1. The smallest absolute Gasteiger partial charge is 0.265 e. The summed E-state index contributed by atoms with van der Waals surface area (Å²) in [6.07, 6.45) is 1.05. The lowest BCUT2D eigenvalue weighted by Gasteiger charge is -2.27. The van der Waals surface area contributed by atoms with Gasteiger partial charge in [0.25, 0.3) is 5.91 Å². The van der Waals surface area contributed by atoms with Crippen molar-refractivity contribution in [2.75, 3.05) is 6.61 Å². The van der Waals surface area contributed by atoms with E-state index in [1.807, 2.05) is 67.6 Å². The van der Waals surface area contributed by atoms with E-state index in [0.29, 0.717) is 18.1 Å². The zero-order valence-corrected chi connectivity index (χ0v) is 16.1. The first-order chi connectivity index (χ1) is 14.2. The van der Waals surface area contributed by atoms with Crippen molar-refractivity contribution in [2.45, 2.75) is 25.7 Å². The molecule has 0 bridgehead atoms. The first-order valence-electron chi connectivity index (χ1n) is 9.50. The predicted molar refractivity (Wildman–Crippen MR) is 108 cm³/mol. The number of hydrogen-bond acceptors (Lipinski definition) is 5. The van der Waals surface area contributed by atoms with Gasteiger partial charge in [-0.05, 0) is 48.9 Å². The van der Waals surface area contributed by atoms with Gasteiger partial charge in [0.1, 0.15) is 19.0 Å². The van der Waals surface area contributed by atoms with E-state index in [9.17, 15) is 4.79 Å². The van der Waals surface area contributed by atoms with Crippen LogP contribution in [0.25, 0.3) is 0 Å². The minimum atomic E-state index is -0.684. The molecule has 4 rings (SSSR count). The van der Waals surface area contributed by atoms with Crippen molar-refractivity contribution in [3.05, 3.63) is 84.2 Å². The third-order valence-corrected chi connectivity index (χ3v) is 4.63. The van der Waals surface area contributed by atoms with E-state index < -0.39 is 6.10 Å². The first-order valence-corrected chi connectivity index (χ1v) is 9.50. The van der Waals surface area contributed by atoms with Crippen LogP contribution in [-0.4, -0.2) is 23.6 Å². The van der Waals surface area contributed by atoms with Gasteiger partial charge in [0.15, 0.2) is 11.5 Å². The lowest BCUT2D eigenvalue weighted by Crippen LogP contribution is -2.44. The topological polar surface area (TPSA) is 69.7 Å². The van der Waals surface area contributed by atoms with Crippen LogP contribution in [0.2, 0.25) is 0 Å². The van der Waals surface area contributed by atoms with Crippen molar-refractivity contribution < 1.29 is 19.0 Å². The number of rotatable bonds is 6. The molecule has 2 aromatic carbocycles. The summed E-state index contributed by atoms with van der Waals surface area (Å²) in [5, 5.41) is 2.99. The summed E-state index contributed by atoms with van der Waals surface area (Å²) in [5.41, 5.74) is 1.79. The maximum atomic E-state index is 12.6. The quantitative estimate of drug-likeness (QED) is 0.695. The van der Waals surface area contributed by atoms with E-state index in [-0.39, 0.29) is 18.6 Å². The fourth-order valence-corrected chi connectivity index (χ4v) is 3.05. The fraction of sp³-hybridized carbons (Fsp3) is 0.217. The normalized spacial score (nSPS) is 16.0. The molecule has 2 atom stereocenters. The molecule has 1 N–H and O–H groups in total. The largest absolute Gasteiger partial charge is 0.487 e. The van der Waals surface area contributed by atoms with E-state index in [1.54, 1.807) is 12.3 Å². The van der Waals surface area contributed by atoms with Crippen LogP contribution < -0.4 is 19.5 Å². The van der Waals surface area contributed by atoms with Gasteiger partial charge in [-0.15, -0.1) is 0 Å². The Labute approximate surface area is 169 Å². The third-order valence-electron chi connectivity index (χ3n) is 4.63. The van der Waals surface area contributed by atoms with Crippen LogP contribution in [0.15, 0.2) is 72.9 Å². The molecule has 0 saturated heterocycles. The molecular formula is C23H22N2O4. The zero-order valence-electron chi connectivity index (χ0n) is 16.1. The number of ether oxygens (including phenoxy) is 3. The van der Waals surface area contributed by atoms with Crippen molar-refractivity contribution in [2.24, 2.45) is 0 Å². The molecule has 148 valence electrons. The Morgan fingerprint density at radius 3 is 2.79 bits per heavy atom. The summed E-state index contributed by atoms with van der Waals surface area (Å²) in [6.45, 7) is 2.49. The lowest BCUT2D eigenvalue weighted by molar-refractivity contribution is -0.131. The molecule has 1 aromatic heterocycles. The molecule has 0 unspecified atom stereocenters. The number of fused-ring (bicyclic) bond motifs is 1. The Kier molecular flexibility index (Phi) is 5.61. The molecule has 3 aromatic rings. The molecule has 0 aliphatic carbocycles. The Hall–Kier alpha value is -3.54. The van der Waals surface area contributed by atoms with Crippen molar-refractivity contribution in [3.63, 3.8) is 0 Å². The van der Waals surface area contributed by atoms with E-state index in [4.69, 9.17) is 14.2 Å². The van der Waals surface area contributed by atoms with Gasteiger partial charge in [0.2, 0.25) is 6.10 Å². The number of carbonyl (C=O) groups is 1. The molecule has 1 aliphatic heterocycles. The summed E-state index contributed by atoms with van der Waals surface area (Å²) < 4.78 is 17.2. The monoisotopic (exact) mass is 390 g/mol. The predicted octanol–water partition coefficient (Wildman–Crippen LogP) is 3.68. The first kappa shape index (κ1) is 18.8. The second kappa shape index (κ2) is 8.65. The van der Waals surface area contributed by atoms with Gasteiger partial charge in [0, 0.05) is 6.20 Å². The molecule has 2 heterocycles. The Morgan fingerprint density at radius 1 is 1.14 bits per heavy atom. The van der Waals surface area contributed by atoms with Crippen molar-refractivity contribution in [1.82, 2.24) is 10.3 Å². The van der Waals surface area contributed by atoms with E-state index >= 15 is 0 Å². The molecule has 6 heteroatoms. The van der Waals surface area contributed by atoms with Gasteiger partial charge in [0.05, 0.1) is 11.7 Å². The summed E-state index contributed by atoms with van der Waals surface area (Å²) in [6, 6.07) is 20.5. The molecule has 6 nitrogen and oxygen atoms in total. The molecule has 0 radical (unpaired) electrons. The summed E-state index contributed by atoms with van der Waals surface area (Å²) >= 11 is 0. The number of nitrogens with one attached hydrogen (secondary N) is 1. The highest BCUT2D eigenvalue weighted by atomic mass is 16.6. The summed E-state index contributed by atoms with van der Waals surface area (Å²) in [4.78, 5) is 16.9. The molecule has 0 spiro atoms. The van der Waals surface area contributed by atoms with Gasteiger partial charge < -0.3 is 19.5 Å². The number of pyridine rings is 1. The minimum absolute atomic E-state index is 0.183. The van der Waals surface area contributed by atoms with Crippen LogP contribution in [-0.2, 0) is 11.4 Å². The lowest BCUT2D eigenvalue weighted by atomic mass is 10.1. The molecule has 1 aliphatic rings. The number of carbonyl (C=O) groups excluding carboxylic acids is 1. The molecule has 1 amide bonds. The molecule has 0 fully saturated rings. The third kappa shape index (κ3) is 4.66. The summed E-state index contributed by atoms with van der Waals surface area (Å²) in [5.74, 6) is 1.74. The average Bonchev–Trinajstić information content (AvgIpc) is 2.78. The van der Waals surface area contributed by atoms with Crippen molar-refractivity contribution >= 4 is 5.91 Å². The van der Waals surface area contributed by atoms with E-state index in [2.05, 4.69) is 10.3 Å². The van der Waals surface area contributed by atoms with E-state index in [0.717, 1.165) is 17.0 Å². The maximum Gasteiger partial charge on any atom is 0.265 e. The van der Waals surface area contributed by atoms with Gasteiger partial charge in [-0.25, -0.2) is 0 Å². The molecule has 0 saturated carbocycles. The highest BCUT2D eigenvalue weighted by Gasteiger charge is 2.28. The van der Waals surface area contributed by atoms with Crippen molar-refractivity contribution in [1.29, 1.82) is 0 Å². The van der Waals surface area contributed by atoms with Crippen molar-refractivity contribution in [3.8, 4) is 17.2 Å². The number of benzene rings is 2. The average molecular weight is 390 g/mol. The Balaban J connectivity index is 1.36. The Bertz CT molecular complexity index is 977. The van der Waals surface area contributed by atoms with Crippen LogP contribution in [0, 0.1) is 0 Å². The van der Waals surface area contributed by atoms with Gasteiger partial charge in [-0.1, -0.05) is 30.3 Å². The Morgan fingerprint density at radius 2 is 1.97 bits per heavy atom. The van der Waals surface area contributed by atoms with Crippen LogP contribution in [0.4, 0.5) is 0 Å². The van der Waals surface area contributed by atoms with Gasteiger partial charge >= 0.3 is 0 Å². The number of hydrogen-bond donors (Lipinski definition) is 1. The number of amides is 1. The van der Waals surface area contributed by atoms with Crippen LogP contribution >= 0.6 is 0 Å². The van der Waals surface area contributed by atoms with Gasteiger partial charge in [-0.3, -0.25) is 9.78 Å². The minimum Gasteiger partial charge on any atom is -0.487 e. The van der Waals surface area contributed by atoms with Crippen LogP contribution in [0.1, 0.15) is 24.2 Å². The number of aromatic nitrogens is 1. The number of nitrogens with zero attached hydrogens (tertiary/aromatic N) is 1. The second-order valence-corrected chi connectivity index (χ2v) is 6.78. The van der Waals surface area contributed by atoms with Crippen LogP contribution in [0.3, 0.4) is 0 Å². The van der Waals surface area contributed by atoms with Gasteiger partial charge in [-0.2, -0.15) is 0 Å². The van der Waals surface area contributed by atoms with E-state index in [1.165, 1.54) is 0 Å². The van der Waals surface area contributed by atoms with Crippen LogP contribution in [0.5, 0.6) is 17.2 Å². The second-order valence-electron chi connectivity index (χ2n) is 6.78. The summed E-state index contributed by atoms with van der Waals surface area (Å²) in [7, 11) is 0. The fourth-order valence-electron chi connectivity index (χ4n) is 3.05. The molecule has 29 heavy (non-hydrogen) atoms. The SMILES string of the molecule is C[C@@H](NC(=O)[C@@H]1COc2ccccc2O1)c1cccc(OCc2ccccn2)c1. The highest BCUT2D eigenvalue weighted by Crippen LogP contribution is 2.31. The zero-order chi connectivity index (χ0) is 20.1. The number of para-hydroxylation sites is 2. The highest BCUT2D eigenvalue weighted by molar-refractivity contribution is 5.82. The maximum absolute atomic E-state index is 12.6.